The second-order valence-corrected chi connectivity index (χ2v) is 6.90. The van der Waals surface area contributed by atoms with Crippen molar-refractivity contribution < 1.29 is 14.3 Å². The van der Waals surface area contributed by atoms with Crippen molar-refractivity contribution >= 4 is 22.8 Å². The number of fused-ring (bicyclic) bond motifs is 1. The maximum absolute atomic E-state index is 12.6. The second-order valence-electron chi connectivity index (χ2n) is 6.90. The van der Waals surface area contributed by atoms with Crippen LogP contribution >= 0.6 is 0 Å². The summed E-state index contributed by atoms with van der Waals surface area (Å²) in [5.74, 6) is -0.897. The van der Waals surface area contributed by atoms with Crippen LogP contribution in [0.25, 0.3) is 10.9 Å². The highest BCUT2D eigenvalue weighted by molar-refractivity contribution is 6.03. The van der Waals surface area contributed by atoms with Crippen LogP contribution in [-0.2, 0) is 9.53 Å². The molecule has 0 saturated heterocycles. The summed E-state index contributed by atoms with van der Waals surface area (Å²) in [6.45, 7) is 4.03. The van der Waals surface area contributed by atoms with Gasteiger partial charge in [0.05, 0.1) is 5.56 Å². The van der Waals surface area contributed by atoms with Gasteiger partial charge in [-0.3, -0.25) is 9.59 Å². The molecule has 0 aliphatic rings. The Kier molecular flexibility index (Phi) is 6.44. The Labute approximate surface area is 168 Å². The molecule has 2 atom stereocenters. The van der Waals surface area contributed by atoms with E-state index in [9.17, 15) is 14.4 Å². The SMILES string of the molecule is CC[C@H](CNC(=O)[C@H](C)OC(=O)c1cc(=O)[nH]c2ccccc12)c1ccccc1. The van der Waals surface area contributed by atoms with Crippen molar-refractivity contribution in [3.05, 3.63) is 82.1 Å². The van der Waals surface area contributed by atoms with E-state index in [1.165, 1.54) is 13.0 Å². The third-order valence-corrected chi connectivity index (χ3v) is 4.91. The number of carbonyl (C=O) groups excluding carboxylic acids is 2. The van der Waals surface area contributed by atoms with Gasteiger partial charge in [-0.25, -0.2) is 4.79 Å². The van der Waals surface area contributed by atoms with Crippen LogP contribution in [0.4, 0.5) is 0 Å². The normalized spacial score (nSPS) is 12.9. The van der Waals surface area contributed by atoms with Gasteiger partial charge in [0.25, 0.3) is 5.91 Å². The zero-order chi connectivity index (χ0) is 20.8. The molecule has 29 heavy (non-hydrogen) atoms. The lowest BCUT2D eigenvalue weighted by molar-refractivity contribution is -0.129. The van der Waals surface area contributed by atoms with Crippen molar-refractivity contribution in [3.8, 4) is 0 Å². The first-order chi connectivity index (χ1) is 14.0. The number of hydrogen-bond donors (Lipinski definition) is 2. The molecule has 1 aromatic heterocycles. The maximum Gasteiger partial charge on any atom is 0.339 e. The fourth-order valence-electron chi connectivity index (χ4n) is 3.24. The van der Waals surface area contributed by atoms with Crippen molar-refractivity contribution in [1.29, 1.82) is 0 Å². The van der Waals surface area contributed by atoms with Crippen LogP contribution in [0.5, 0.6) is 0 Å². The number of esters is 1. The number of para-hydroxylation sites is 1. The summed E-state index contributed by atoms with van der Waals surface area (Å²) >= 11 is 0. The minimum Gasteiger partial charge on any atom is -0.449 e. The monoisotopic (exact) mass is 392 g/mol. The summed E-state index contributed by atoms with van der Waals surface area (Å²) < 4.78 is 5.33. The third kappa shape index (κ3) is 4.90. The van der Waals surface area contributed by atoms with Crippen molar-refractivity contribution in [2.45, 2.75) is 32.3 Å². The lowest BCUT2D eigenvalue weighted by Gasteiger charge is -2.18. The number of nitrogens with one attached hydrogen (secondary N) is 2. The minimum atomic E-state index is -0.978. The van der Waals surface area contributed by atoms with Crippen LogP contribution in [0.15, 0.2) is 65.5 Å². The molecule has 3 aromatic rings. The average Bonchev–Trinajstić information content (AvgIpc) is 2.74. The number of benzene rings is 2. The molecule has 0 aliphatic heterocycles. The molecule has 0 unspecified atom stereocenters. The first kappa shape index (κ1) is 20.3. The number of aromatic nitrogens is 1. The lowest BCUT2D eigenvalue weighted by Crippen LogP contribution is -2.38. The second kappa shape index (κ2) is 9.19. The first-order valence-electron chi connectivity index (χ1n) is 9.65. The van der Waals surface area contributed by atoms with Gasteiger partial charge in [-0.05, 0) is 25.0 Å². The van der Waals surface area contributed by atoms with Gasteiger partial charge in [-0.15, -0.1) is 0 Å². The topological polar surface area (TPSA) is 88.3 Å². The number of amides is 1. The number of aromatic amines is 1. The Balaban J connectivity index is 1.65. The summed E-state index contributed by atoms with van der Waals surface area (Å²) in [4.78, 5) is 39.5. The van der Waals surface area contributed by atoms with E-state index in [1.807, 2.05) is 30.3 Å². The number of rotatable bonds is 7. The molecule has 2 N–H and O–H groups in total. The minimum absolute atomic E-state index is 0.139. The van der Waals surface area contributed by atoms with Gasteiger partial charge in [0, 0.05) is 29.4 Å². The van der Waals surface area contributed by atoms with Gasteiger partial charge in [0.2, 0.25) is 5.56 Å². The summed E-state index contributed by atoms with van der Waals surface area (Å²) in [5.41, 5.74) is 1.42. The van der Waals surface area contributed by atoms with Crippen molar-refractivity contribution in [2.24, 2.45) is 0 Å². The Hall–Kier alpha value is -3.41. The molecule has 3 rings (SSSR count). The van der Waals surface area contributed by atoms with Gasteiger partial charge in [0.1, 0.15) is 0 Å². The van der Waals surface area contributed by atoms with E-state index in [4.69, 9.17) is 4.74 Å². The van der Waals surface area contributed by atoms with Crippen LogP contribution in [-0.4, -0.2) is 29.5 Å². The Morgan fingerprint density at radius 1 is 1.07 bits per heavy atom. The van der Waals surface area contributed by atoms with E-state index >= 15 is 0 Å². The van der Waals surface area contributed by atoms with Gasteiger partial charge < -0.3 is 15.0 Å². The predicted octanol–water partition coefficient (Wildman–Crippen LogP) is 3.38. The van der Waals surface area contributed by atoms with Crippen LogP contribution in [0, 0.1) is 0 Å². The Morgan fingerprint density at radius 2 is 1.76 bits per heavy atom. The molecule has 0 radical (unpaired) electrons. The van der Waals surface area contributed by atoms with Crippen molar-refractivity contribution in [3.63, 3.8) is 0 Å². The van der Waals surface area contributed by atoms with Gasteiger partial charge in [-0.2, -0.15) is 0 Å². The summed E-state index contributed by atoms with van der Waals surface area (Å²) in [6.07, 6.45) is -0.106. The standard InChI is InChI=1S/C23H24N2O4/c1-3-16(17-9-5-4-6-10-17)14-24-22(27)15(2)29-23(28)19-13-21(26)25-20-12-8-7-11-18(19)20/h4-13,15-16H,3,14H2,1-2H3,(H,24,27)(H,25,26)/t15-,16+/m0/s1. The molecule has 6 nitrogen and oxygen atoms in total. The van der Waals surface area contributed by atoms with E-state index in [-0.39, 0.29) is 17.4 Å². The van der Waals surface area contributed by atoms with Crippen molar-refractivity contribution in [1.82, 2.24) is 10.3 Å². The molecule has 0 aliphatic carbocycles. The molecule has 0 spiro atoms. The number of pyridine rings is 1. The van der Waals surface area contributed by atoms with Gasteiger partial charge >= 0.3 is 5.97 Å². The van der Waals surface area contributed by atoms with Crippen LogP contribution in [0.1, 0.15) is 42.1 Å². The van der Waals surface area contributed by atoms with Gasteiger partial charge in [-0.1, -0.05) is 55.5 Å². The quantitative estimate of drug-likeness (QED) is 0.604. The maximum atomic E-state index is 12.6. The van der Waals surface area contributed by atoms with Crippen molar-refractivity contribution in [2.75, 3.05) is 6.54 Å². The van der Waals surface area contributed by atoms with Crippen LogP contribution in [0.3, 0.4) is 0 Å². The number of hydrogen-bond acceptors (Lipinski definition) is 4. The van der Waals surface area contributed by atoms with Gasteiger partial charge in [0.15, 0.2) is 6.10 Å². The molecule has 0 bridgehead atoms. The van der Waals surface area contributed by atoms with E-state index in [2.05, 4.69) is 17.2 Å². The van der Waals surface area contributed by atoms with Crippen LogP contribution in [0.2, 0.25) is 0 Å². The summed E-state index contributed by atoms with van der Waals surface area (Å²) in [7, 11) is 0. The fourth-order valence-corrected chi connectivity index (χ4v) is 3.24. The molecule has 2 aromatic carbocycles. The highest BCUT2D eigenvalue weighted by Gasteiger charge is 2.21. The zero-order valence-corrected chi connectivity index (χ0v) is 16.5. The van der Waals surface area contributed by atoms with E-state index < -0.39 is 17.6 Å². The molecule has 1 heterocycles. The smallest absolute Gasteiger partial charge is 0.339 e. The number of ether oxygens (including phenoxy) is 1. The Morgan fingerprint density at radius 3 is 2.48 bits per heavy atom. The number of carbonyl (C=O) groups is 2. The average molecular weight is 392 g/mol. The predicted molar refractivity (Wildman–Crippen MR) is 112 cm³/mol. The Bertz CT molecular complexity index is 1060. The molecular formula is C23H24N2O4. The largest absolute Gasteiger partial charge is 0.449 e. The zero-order valence-electron chi connectivity index (χ0n) is 16.5. The summed E-state index contributed by atoms with van der Waals surface area (Å²) in [5, 5.41) is 3.42. The molecule has 0 saturated carbocycles. The molecular weight excluding hydrogens is 368 g/mol. The van der Waals surface area contributed by atoms with Crippen LogP contribution < -0.4 is 10.9 Å². The molecule has 6 heteroatoms. The van der Waals surface area contributed by atoms with E-state index in [0.29, 0.717) is 17.4 Å². The molecule has 1 amide bonds. The third-order valence-electron chi connectivity index (χ3n) is 4.91. The lowest BCUT2D eigenvalue weighted by atomic mass is 9.96. The highest BCUT2D eigenvalue weighted by atomic mass is 16.5. The van der Waals surface area contributed by atoms with E-state index in [0.717, 1.165) is 12.0 Å². The fraction of sp³-hybridized carbons (Fsp3) is 0.261. The molecule has 0 fully saturated rings. The molecule has 150 valence electrons. The number of H-pyrrole nitrogens is 1. The van der Waals surface area contributed by atoms with E-state index in [1.54, 1.807) is 24.3 Å². The highest BCUT2D eigenvalue weighted by Crippen LogP contribution is 2.18. The summed E-state index contributed by atoms with van der Waals surface area (Å²) in [6, 6.07) is 18.1. The first-order valence-corrected chi connectivity index (χ1v) is 9.65.